The lowest BCUT2D eigenvalue weighted by molar-refractivity contribution is -0.143. The van der Waals surface area contributed by atoms with Gasteiger partial charge in [-0.25, -0.2) is 0 Å². The van der Waals surface area contributed by atoms with E-state index in [0.717, 1.165) is 35.0 Å². The van der Waals surface area contributed by atoms with Gasteiger partial charge in [0.25, 0.3) is 0 Å². The van der Waals surface area contributed by atoms with E-state index in [4.69, 9.17) is 11.6 Å². The average molecular weight is 264 g/mol. The molecule has 2 N–H and O–H groups in total. The predicted octanol–water partition coefficient (Wildman–Crippen LogP) is 3.50. The normalized spacial score (nSPS) is 23.0. The average Bonchev–Trinajstić information content (AvgIpc) is 2.71. The molecule has 4 heteroatoms. The van der Waals surface area contributed by atoms with E-state index >= 15 is 0 Å². The number of carbonyl (C=O) groups is 1. The number of rotatable bonds is 1. The zero-order chi connectivity index (χ0) is 12.9. The first-order valence-corrected chi connectivity index (χ1v) is 6.45. The first kappa shape index (κ1) is 11.6. The van der Waals surface area contributed by atoms with Gasteiger partial charge >= 0.3 is 5.97 Å². The molecule has 0 spiro atoms. The predicted molar refractivity (Wildman–Crippen MR) is 71.2 cm³/mol. The summed E-state index contributed by atoms with van der Waals surface area (Å²) in [6.07, 6.45) is 2.48. The summed E-state index contributed by atoms with van der Waals surface area (Å²) >= 11 is 6.17. The zero-order valence-electron chi connectivity index (χ0n) is 10.1. The van der Waals surface area contributed by atoms with Gasteiger partial charge in [-0.2, -0.15) is 0 Å². The Morgan fingerprint density at radius 1 is 1.50 bits per heavy atom. The molecule has 0 saturated heterocycles. The van der Waals surface area contributed by atoms with Crippen LogP contribution in [-0.2, 0) is 16.6 Å². The van der Waals surface area contributed by atoms with Gasteiger partial charge in [0.05, 0.1) is 10.5 Å². The van der Waals surface area contributed by atoms with Crippen molar-refractivity contribution in [3.05, 3.63) is 34.5 Å². The Morgan fingerprint density at radius 2 is 2.28 bits per heavy atom. The summed E-state index contributed by atoms with van der Waals surface area (Å²) in [5, 5.41) is 11.2. The van der Waals surface area contributed by atoms with Crippen molar-refractivity contribution in [1.82, 2.24) is 4.98 Å². The smallest absolute Gasteiger partial charge is 0.315 e. The third-order valence-electron chi connectivity index (χ3n) is 4.02. The number of hydrogen-bond acceptors (Lipinski definition) is 1. The molecule has 0 aliphatic heterocycles. The van der Waals surface area contributed by atoms with E-state index in [1.807, 2.05) is 18.2 Å². The van der Waals surface area contributed by atoms with Crippen molar-refractivity contribution in [3.8, 4) is 0 Å². The number of aryl methyl sites for hydroxylation is 1. The van der Waals surface area contributed by atoms with Crippen LogP contribution < -0.4 is 0 Å². The fraction of sp³-hybridized carbons (Fsp3) is 0.357. The molecule has 1 unspecified atom stereocenters. The van der Waals surface area contributed by atoms with Gasteiger partial charge in [-0.1, -0.05) is 23.7 Å². The first-order valence-electron chi connectivity index (χ1n) is 6.07. The summed E-state index contributed by atoms with van der Waals surface area (Å²) in [4.78, 5) is 14.8. The number of H-pyrrole nitrogens is 1. The number of carboxylic acids is 1. The molecule has 0 radical (unpaired) electrons. The fourth-order valence-electron chi connectivity index (χ4n) is 2.93. The van der Waals surface area contributed by atoms with E-state index in [9.17, 15) is 9.90 Å². The summed E-state index contributed by atoms with van der Waals surface area (Å²) in [5.74, 6) is -0.772. The highest BCUT2D eigenvalue weighted by Crippen LogP contribution is 2.41. The molecule has 0 bridgehead atoms. The highest BCUT2D eigenvalue weighted by atomic mass is 35.5. The lowest BCUT2D eigenvalue weighted by Crippen LogP contribution is -2.36. The molecule has 94 valence electrons. The number of benzene rings is 1. The molecule has 3 nitrogen and oxygen atoms in total. The fourth-order valence-corrected chi connectivity index (χ4v) is 3.15. The van der Waals surface area contributed by atoms with Crippen molar-refractivity contribution in [2.24, 2.45) is 0 Å². The van der Waals surface area contributed by atoms with Crippen molar-refractivity contribution in [3.63, 3.8) is 0 Å². The van der Waals surface area contributed by atoms with Gasteiger partial charge in [0.15, 0.2) is 0 Å². The van der Waals surface area contributed by atoms with E-state index in [1.165, 1.54) is 0 Å². The number of aromatic nitrogens is 1. The molecular weight excluding hydrogens is 250 g/mol. The van der Waals surface area contributed by atoms with E-state index in [0.29, 0.717) is 11.4 Å². The Morgan fingerprint density at radius 3 is 3.00 bits per heavy atom. The van der Waals surface area contributed by atoms with Gasteiger partial charge in [0.2, 0.25) is 0 Å². The van der Waals surface area contributed by atoms with Crippen LogP contribution in [0.2, 0.25) is 5.02 Å². The second-order valence-electron chi connectivity index (χ2n) is 5.13. The second-order valence-corrected chi connectivity index (χ2v) is 5.54. The van der Waals surface area contributed by atoms with Crippen LogP contribution in [-0.4, -0.2) is 16.1 Å². The van der Waals surface area contributed by atoms with Crippen molar-refractivity contribution in [2.75, 3.05) is 0 Å². The summed E-state index contributed by atoms with van der Waals surface area (Å²) in [7, 11) is 0. The SMILES string of the molecule is CC1(C(=O)O)CCCc2c1[nH]c1c(Cl)cccc21. The molecule has 18 heavy (non-hydrogen) atoms. The van der Waals surface area contributed by atoms with Crippen LogP contribution in [0.4, 0.5) is 0 Å². The molecule has 1 aromatic carbocycles. The van der Waals surface area contributed by atoms with Crippen molar-refractivity contribution >= 4 is 28.5 Å². The van der Waals surface area contributed by atoms with E-state index in [-0.39, 0.29) is 0 Å². The van der Waals surface area contributed by atoms with Gasteiger partial charge in [-0.3, -0.25) is 4.79 Å². The van der Waals surface area contributed by atoms with E-state index in [2.05, 4.69) is 4.98 Å². The Kier molecular flexibility index (Phi) is 2.42. The van der Waals surface area contributed by atoms with Crippen LogP contribution in [0.3, 0.4) is 0 Å². The number of nitrogens with one attached hydrogen (secondary N) is 1. The molecule has 1 heterocycles. The molecule has 0 saturated carbocycles. The highest BCUT2D eigenvalue weighted by Gasteiger charge is 2.41. The zero-order valence-corrected chi connectivity index (χ0v) is 10.8. The summed E-state index contributed by atoms with van der Waals surface area (Å²) in [5.41, 5.74) is 1.97. The van der Waals surface area contributed by atoms with Gasteiger partial charge in [-0.05, 0) is 37.8 Å². The van der Waals surface area contributed by atoms with Crippen LogP contribution >= 0.6 is 11.6 Å². The van der Waals surface area contributed by atoms with Gasteiger partial charge in [0, 0.05) is 11.1 Å². The number of aromatic amines is 1. The number of para-hydroxylation sites is 1. The van der Waals surface area contributed by atoms with E-state index < -0.39 is 11.4 Å². The van der Waals surface area contributed by atoms with Crippen LogP contribution in [0, 0.1) is 0 Å². The van der Waals surface area contributed by atoms with Gasteiger partial charge < -0.3 is 10.1 Å². The minimum Gasteiger partial charge on any atom is -0.481 e. The number of fused-ring (bicyclic) bond motifs is 3. The molecule has 0 fully saturated rings. The summed E-state index contributed by atoms with van der Waals surface area (Å²) in [6.45, 7) is 1.79. The molecular formula is C14H14ClNO2. The van der Waals surface area contributed by atoms with Crippen molar-refractivity contribution in [2.45, 2.75) is 31.6 Å². The molecule has 2 aromatic rings. The van der Waals surface area contributed by atoms with Gasteiger partial charge in [-0.15, -0.1) is 0 Å². The lowest BCUT2D eigenvalue weighted by atomic mass is 9.75. The standard InChI is InChI=1S/C14H14ClNO2/c1-14(13(17)18)7-3-5-9-8-4-2-6-10(15)11(8)16-12(9)14/h2,4,6,16H,3,5,7H2,1H3,(H,17,18). The van der Waals surface area contributed by atoms with Crippen LogP contribution in [0.15, 0.2) is 18.2 Å². The maximum absolute atomic E-state index is 11.5. The Labute approximate surface area is 110 Å². The lowest BCUT2D eigenvalue weighted by Gasteiger charge is -2.29. The summed E-state index contributed by atoms with van der Waals surface area (Å²) < 4.78 is 0. The quantitative estimate of drug-likeness (QED) is 0.827. The Hall–Kier alpha value is -1.48. The monoisotopic (exact) mass is 263 g/mol. The third-order valence-corrected chi connectivity index (χ3v) is 4.33. The second kappa shape index (κ2) is 3.75. The minimum atomic E-state index is -0.823. The maximum Gasteiger partial charge on any atom is 0.315 e. The topological polar surface area (TPSA) is 53.1 Å². The van der Waals surface area contributed by atoms with Crippen LogP contribution in [0.1, 0.15) is 31.0 Å². The molecule has 3 rings (SSSR count). The van der Waals surface area contributed by atoms with Crippen LogP contribution in [0.25, 0.3) is 10.9 Å². The molecule has 0 amide bonds. The Bertz CT molecular complexity index is 647. The molecule has 1 aliphatic rings. The number of aliphatic carboxylic acids is 1. The largest absolute Gasteiger partial charge is 0.481 e. The van der Waals surface area contributed by atoms with Crippen molar-refractivity contribution in [1.29, 1.82) is 0 Å². The molecule has 1 atom stereocenters. The van der Waals surface area contributed by atoms with Crippen molar-refractivity contribution < 1.29 is 9.90 Å². The van der Waals surface area contributed by atoms with Gasteiger partial charge in [0.1, 0.15) is 5.41 Å². The maximum atomic E-state index is 11.5. The highest BCUT2D eigenvalue weighted by molar-refractivity contribution is 6.35. The molecule has 1 aliphatic carbocycles. The number of halogens is 1. The number of hydrogen-bond donors (Lipinski definition) is 2. The van der Waals surface area contributed by atoms with E-state index in [1.54, 1.807) is 6.92 Å². The Balaban J connectivity index is 2.35. The summed E-state index contributed by atoms with van der Waals surface area (Å²) in [6, 6.07) is 5.74. The molecule has 1 aromatic heterocycles. The third kappa shape index (κ3) is 1.40. The minimum absolute atomic E-state index is 0.648. The number of carboxylic acid groups (broad SMARTS) is 1. The first-order chi connectivity index (χ1) is 8.54. The van der Waals surface area contributed by atoms with Crippen LogP contribution in [0.5, 0.6) is 0 Å².